The molecule has 1 aromatic carbocycles. The zero-order chi connectivity index (χ0) is 11.6. The smallest absolute Gasteiger partial charge is 0.119 e. The van der Waals surface area contributed by atoms with E-state index < -0.39 is 0 Å². The average Bonchev–Trinajstić information content (AvgIpc) is 2.34. The third kappa shape index (κ3) is 5.14. The Bertz CT molecular complexity index is 289. The highest BCUT2D eigenvalue weighted by atomic mass is 16.5. The predicted octanol–water partition coefficient (Wildman–Crippen LogP) is 1.78. The van der Waals surface area contributed by atoms with Crippen LogP contribution in [-0.2, 0) is 6.54 Å². The second-order valence-corrected chi connectivity index (χ2v) is 3.74. The summed E-state index contributed by atoms with van der Waals surface area (Å²) in [7, 11) is 1.70. The molecule has 0 radical (unpaired) electrons. The lowest BCUT2D eigenvalue weighted by atomic mass is 10.2. The molecule has 0 spiro atoms. The minimum Gasteiger partial charge on any atom is -0.497 e. The Balaban J connectivity index is 2.16. The quantitative estimate of drug-likeness (QED) is 0.658. The van der Waals surface area contributed by atoms with Gasteiger partial charge in [-0.2, -0.15) is 0 Å². The zero-order valence-electron chi connectivity index (χ0n) is 10.3. The molecule has 3 nitrogen and oxygen atoms in total. The molecule has 0 saturated heterocycles. The fourth-order valence-corrected chi connectivity index (χ4v) is 1.53. The van der Waals surface area contributed by atoms with Gasteiger partial charge < -0.3 is 15.4 Å². The Hall–Kier alpha value is -1.06. The van der Waals surface area contributed by atoms with Crippen molar-refractivity contribution in [2.45, 2.75) is 19.9 Å². The summed E-state index contributed by atoms with van der Waals surface area (Å²) in [6.45, 7) is 6.22. The van der Waals surface area contributed by atoms with Gasteiger partial charge in [-0.25, -0.2) is 0 Å². The molecule has 0 aliphatic heterocycles. The highest BCUT2D eigenvalue weighted by Gasteiger charge is 1.95. The first-order valence-electron chi connectivity index (χ1n) is 5.91. The number of benzene rings is 1. The lowest BCUT2D eigenvalue weighted by molar-refractivity contribution is 0.414. The van der Waals surface area contributed by atoms with Gasteiger partial charge in [0.2, 0.25) is 0 Å². The second kappa shape index (κ2) is 8.13. The number of hydrogen-bond acceptors (Lipinski definition) is 3. The maximum Gasteiger partial charge on any atom is 0.119 e. The summed E-state index contributed by atoms with van der Waals surface area (Å²) < 4.78 is 5.18. The van der Waals surface area contributed by atoms with Crippen LogP contribution in [0, 0.1) is 0 Å². The maximum atomic E-state index is 5.18. The third-order valence-electron chi connectivity index (χ3n) is 2.42. The van der Waals surface area contributed by atoms with E-state index in [2.05, 4.69) is 29.7 Å². The normalized spacial score (nSPS) is 10.4. The van der Waals surface area contributed by atoms with Gasteiger partial charge in [-0.05, 0) is 43.8 Å². The van der Waals surface area contributed by atoms with Crippen molar-refractivity contribution >= 4 is 0 Å². The zero-order valence-corrected chi connectivity index (χ0v) is 10.3. The van der Waals surface area contributed by atoms with Crippen molar-refractivity contribution in [3.63, 3.8) is 0 Å². The van der Waals surface area contributed by atoms with Crippen molar-refractivity contribution in [3.05, 3.63) is 29.8 Å². The van der Waals surface area contributed by atoms with Crippen LogP contribution in [0.3, 0.4) is 0 Å². The number of ether oxygens (including phenoxy) is 1. The second-order valence-electron chi connectivity index (χ2n) is 3.74. The molecule has 0 fully saturated rings. The first-order chi connectivity index (χ1) is 7.86. The first kappa shape index (κ1) is 13.0. The molecular formula is C13H22N2O. The van der Waals surface area contributed by atoms with Crippen LogP contribution in [0.4, 0.5) is 0 Å². The Morgan fingerprint density at radius 3 is 2.75 bits per heavy atom. The SMILES string of the molecule is CCNCCCNCc1cccc(OC)c1. The summed E-state index contributed by atoms with van der Waals surface area (Å²) in [5.74, 6) is 0.923. The van der Waals surface area contributed by atoms with E-state index in [-0.39, 0.29) is 0 Å². The Morgan fingerprint density at radius 2 is 2.00 bits per heavy atom. The molecular weight excluding hydrogens is 200 g/mol. The van der Waals surface area contributed by atoms with E-state index in [1.54, 1.807) is 7.11 Å². The first-order valence-corrected chi connectivity index (χ1v) is 5.91. The van der Waals surface area contributed by atoms with Crippen LogP contribution in [0.5, 0.6) is 5.75 Å². The molecule has 0 aromatic heterocycles. The Labute approximate surface area is 98.2 Å². The van der Waals surface area contributed by atoms with E-state index in [4.69, 9.17) is 4.74 Å². The number of rotatable bonds is 8. The van der Waals surface area contributed by atoms with Crippen molar-refractivity contribution in [1.29, 1.82) is 0 Å². The van der Waals surface area contributed by atoms with Crippen molar-refractivity contribution in [2.75, 3.05) is 26.7 Å². The van der Waals surface area contributed by atoms with Gasteiger partial charge in [0.25, 0.3) is 0 Å². The molecule has 0 saturated carbocycles. The van der Waals surface area contributed by atoms with Crippen molar-refractivity contribution in [2.24, 2.45) is 0 Å². The van der Waals surface area contributed by atoms with E-state index in [1.807, 2.05) is 12.1 Å². The number of nitrogens with one attached hydrogen (secondary N) is 2. The molecule has 90 valence electrons. The highest BCUT2D eigenvalue weighted by molar-refractivity contribution is 5.28. The number of methoxy groups -OCH3 is 1. The summed E-state index contributed by atoms with van der Waals surface area (Å²) in [6, 6.07) is 8.17. The summed E-state index contributed by atoms with van der Waals surface area (Å²) in [6.07, 6.45) is 1.16. The van der Waals surface area contributed by atoms with Crippen molar-refractivity contribution < 1.29 is 4.74 Å². The van der Waals surface area contributed by atoms with Gasteiger partial charge in [0.15, 0.2) is 0 Å². The van der Waals surface area contributed by atoms with E-state index >= 15 is 0 Å². The lowest BCUT2D eigenvalue weighted by Gasteiger charge is -2.06. The molecule has 3 heteroatoms. The van der Waals surface area contributed by atoms with Gasteiger partial charge in [0, 0.05) is 6.54 Å². The average molecular weight is 222 g/mol. The Kier molecular flexibility index (Phi) is 6.61. The molecule has 0 atom stereocenters. The molecule has 1 rings (SSSR count). The highest BCUT2D eigenvalue weighted by Crippen LogP contribution is 2.11. The fourth-order valence-electron chi connectivity index (χ4n) is 1.53. The van der Waals surface area contributed by atoms with Gasteiger partial charge >= 0.3 is 0 Å². The van der Waals surface area contributed by atoms with Crippen LogP contribution >= 0.6 is 0 Å². The molecule has 16 heavy (non-hydrogen) atoms. The van der Waals surface area contributed by atoms with E-state index in [9.17, 15) is 0 Å². The molecule has 0 amide bonds. The van der Waals surface area contributed by atoms with Crippen molar-refractivity contribution in [3.8, 4) is 5.75 Å². The van der Waals surface area contributed by atoms with Gasteiger partial charge in [-0.3, -0.25) is 0 Å². The monoisotopic (exact) mass is 222 g/mol. The summed E-state index contributed by atoms with van der Waals surface area (Å²) in [4.78, 5) is 0. The van der Waals surface area contributed by atoms with Crippen LogP contribution in [0.15, 0.2) is 24.3 Å². The maximum absolute atomic E-state index is 5.18. The van der Waals surface area contributed by atoms with Crippen LogP contribution < -0.4 is 15.4 Å². The summed E-state index contributed by atoms with van der Waals surface area (Å²) in [5.41, 5.74) is 1.27. The topological polar surface area (TPSA) is 33.3 Å². The molecule has 1 aromatic rings. The third-order valence-corrected chi connectivity index (χ3v) is 2.42. The van der Waals surface area contributed by atoms with Crippen LogP contribution in [0.1, 0.15) is 18.9 Å². The van der Waals surface area contributed by atoms with Crippen LogP contribution in [0.25, 0.3) is 0 Å². The summed E-state index contributed by atoms with van der Waals surface area (Å²) in [5, 5.41) is 6.72. The molecule has 0 heterocycles. The fraction of sp³-hybridized carbons (Fsp3) is 0.538. The van der Waals surface area contributed by atoms with E-state index in [0.717, 1.165) is 38.3 Å². The van der Waals surface area contributed by atoms with Crippen LogP contribution in [0.2, 0.25) is 0 Å². The number of hydrogen-bond donors (Lipinski definition) is 2. The lowest BCUT2D eigenvalue weighted by Crippen LogP contribution is -2.21. The minimum atomic E-state index is 0.906. The van der Waals surface area contributed by atoms with Crippen molar-refractivity contribution in [1.82, 2.24) is 10.6 Å². The van der Waals surface area contributed by atoms with Crippen LogP contribution in [-0.4, -0.2) is 26.7 Å². The van der Waals surface area contributed by atoms with E-state index in [1.165, 1.54) is 5.56 Å². The molecule has 0 bridgehead atoms. The van der Waals surface area contributed by atoms with Gasteiger partial charge in [-0.15, -0.1) is 0 Å². The molecule has 0 aliphatic rings. The molecule has 0 unspecified atom stereocenters. The van der Waals surface area contributed by atoms with Gasteiger partial charge in [0.1, 0.15) is 5.75 Å². The predicted molar refractivity (Wildman–Crippen MR) is 67.9 cm³/mol. The Morgan fingerprint density at radius 1 is 1.19 bits per heavy atom. The minimum absolute atomic E-state index is 0.906. The standard InChI is InChI=1S/C13H22N2O/c1-3-14-8-5-9-15-11-12-6-4-7-13(10-12)16-2/h4,6-7,10,14-15H,3,5,8-9,11H2,1-2H3. The van der Waals surface area contributed by atoms with E-state index in [0.29, 0.717) is 0 Å². The summed E-state index contributed by atoms with van der Waals surface area (Å²) >= 11 is 0. The molecule has 0 aliphatic carbocycles. The van der Waals surface area contributed by atoms with Gasteiger partial charge in [-0.1, -0.05) is 19.1 Å². The van der Waals surface area contributed by atoms with Gasteiger partial charge in [0.05, 0.1) is 7.11 Å². The largest absolute Gasteiger partial charge is 0.497 e. The molecule has 2 N–H and O–H groups in total.